The molecule has 3 unspecified atom stereocenters. The lowest BCUT2D eigenvalue weighted by Gasteiger charge is -2.36. The molecule has 27 heavy (non-hydrogen) atoms. The number of carbonyl (C=O) groups excluding carboxylic acids is 1. The quantitative estimate of drug-likeness (QED) is 0.602. The van der Waals surface area contributed by atoms with E-state index in [1.54, 1.807) is 0 Å². The second kappa shape index (κ2) is 9.42. The highest BCUT2D eigenvalue weighted by Gasteiger charge is 2.32. The average molecular weight is 367 g/mol. The number of carbonyl (C=O) groups is 1. The number of hydrogen-bond acceptors (Lipinski definition) is 4. The standard InChI is InChI=1S/C22H29N3O2/c1-3-4-6-11-20-16(2)23-22(25-21(20)26)24-17-12-14-19(15-13-17)27-18-9-7-5-8-10-18/h5,7-10,12-16,20,22-24H,3-4,6,11H2,1-2H3,(H,25,26). The second-order valence-electron chi connectivity index (χ2n) is 7.08. The number of unbranched alkanes of at least 4 members (excludes halogenated alkanes) is 2. The maximum absolute atomic E-state index is 12.4. The predicted molar refractivity (Wildman–Crippen MR) is 109 cm³/mol. The third kappa shape index (κ3) is 5.47. The Hall–Kier alpha value is -2.53. The van der Waals surface area contributed by atoms with Crippen LogP contribution in [0.25, 0.3) is 0 Å². The second-order valence-corrected chi connectivity index (χ2v) is 7.08. The van der Waals surface area contributed by atoms with Crippen LogP contribution in [-0.2, 0) is 4.79 Å². The highest BCUT2D eigenvalue weighted by molar-refractivity contribution is 5.80. The van der Waals surface area contributed by atoms with Gasteiger partial charge in [0.2, 0.25) is 5.91 Å². The molecule has 2 aromatic rings. The molecule has 0 bridgehead atoms. The summed E-state index contributed by atoms with van der Waals surface area (Å²) in [7, 11) is 0. The summed E-state index contributed by atoms with van der Waals surface area (Å²) in [6.45, 7) is 4.26. The summed E-state index contributed by atoms with van der Waals surface area (Å²) in [4.78, 5) is 12.4. The first-order valence-corrected chi connectivity index (χ1v) is 9.81. The van der Waals surface area contributed by atoms with Gasteiger partial charge in [-0.1, -0.05) is 44.4 Å². The lowest BCUT2D eigenvalue weighted by Crippen LogP contribution is -2.63. The number of hydrogen-bond donors (Lipinski definition) is 3. The van der Waals surface area contributed by atoms with E-state index in [2.05, 4.69) is 29.8 Å². The lowest BCUT2D eigenvalue weighted by atomic mass is 9.92. The molecular weight excluding hydrogens is 338 g/mol. The number of benzene rings is 2. The van der Waals surface area contributed by atoms with Gasteiger partial charge in [0.1, 0.15) is 11.5 Å². The molecule has 3 N–H and O–H groups in total. The third-order valence-corrected chi connectivity index (χ3v) is 4.92. The van der Waals surface area contributed by atoms with E-state index in [1.807, 2.05) is 54.6 Å². The van der Waals surface area contributed by atoms with Crippen LogP contribution in [0.5, 0.6) is 11.5 Å². The van der Waals surface area contributed by atoms with Crippen LogP contribution in [-0.4, -0.2) is 18.2 Å². The Morgan fingerprint density at radius 3 is 2.37 bits per heavy atom. The molecule has 0 saturated carbocycles. The van der Waals surface area contributed by atoms with Crippen molar-refractivity contribution in [1.29, 1.82) is 0 Å². The SMILES string of the molecule is CCCCCC1C(=O)NC(Nc2ccc(Oc3ccccc3)cc2)NC1C. The molecule has 1 fully saturated rings. The van der Waals surface area contributed by atoms with Gasteiger partial charge in [0, 0.05) is 11.7 Å². The minimum atomic E-state index is -0.268. The van der Waals surface area contributed by atoms with Gasteiger partial charge in [0.15, 0.2) is 6.29 Å². The van der Waals surface area contributed by atoms with Crippen molar-refractivity contribution >= 4 is 11.6 Å². The number of amides is 1. The van der Waals surface area contributed by atoms with Crippen molar-refractivity contribution in [3.05, 3.63) is 54.6 Å². The van der Waals surface area contributed by atoms with E-state index in [9.17, 15) is 4.79 Å². The summed E-state index contributed by atoms with van der Waals surface area (Å²) in [6.07, 6.45) is 4.11. The van der Waals surface area contributed by atoms with Crippen molar-refractivity contribution in [2.45, 2.75) is 51.9 Å². The number of para-hydroxylation sites is 1. The predicted octanol–water partition coefficient (Wildman–Crippen LogP) is 4.48. The molecule has 0 aliphatic carbocycles. The first-order valence-electron chi connectivity index (χ1n) is 9.81. The average Bonchev–Trinajstić information content (AvgIpc) is 2.66. The molecule has 1 saturated heterocycles. The largest absolute Gasteiger partial charge is 0.457 e. The Kier molecular flexibility index (Phi) is 6.71. The van der Waals surface area contributed by atoms with Gasteiger partial charge in [-0.3, -0.25) is 10.1 Å². The summed E-state index contributed by atoms with van der Waals surface area (Å²) in [6, 6.07) is 17.6. The maximum atomic E-state index is 12.4. The fourth-order valence-corrected chi connectivity index (χ4v) is 3.38. The van der Waals surface area contributed by atoms with E-state index >= 15 is 0 Å². The van der Waals surface area contributed by atoms with E-state index in [-0.39, 0.29) is 24.2 Å². The molecule has 5 nitrogen and oxygen atoms in total. The molecule has 3 rings (SSSR count). The van der Waals surface area contributed by atoms with E-state index in [0.29, 0.717) is 0 Å². The van der Waals surface area contributed by atoms with Crippen molar-refractivity contribution in [1.82, 2.24) is 10.6 Å². The third-order valence-electron chi connectivity index (χ3n) is 4.92. The highest BCUT2D eigenvalue weighted by atomic mass is 16.5. The molecule has 1 heterocycles. The van der Waals surface area contributed by atoms with Gasteiger partial charge >= 0.3 is 0 Å². The summed E-state index contributed by atoms with van der Waals surface area (Å²) in [5.74, 6) is 1.74. The summed E-state index contributed by atoms with van der Waals surface area (Å²) in [5, 5.41) is 9.81. The van der Waals surface area contributed by atoms with Gasteiger partial charge < -0.3 is 15.4 Å². The number of nitrogens with one attached hydrogen (secondary N) is 3. The molecule has 0 spiro atoms. The van der Waals surface area contributed by atoms with Gasteiger partial charge in [0.25, 0.3) is 0 Å². The van der Waals surface area contributed by atoms with Gasteiger partial charge in [-0.25, -0.2) is 0 Å². The molecule has 2 aromatic carbocycles. The number of ether oxygens (including phenoxy) is 1. The van der Waals surface area contributed by atoms with E-state index in [0.717, 1.165) is 30.0 Å². The van der Waals surface area contributed by atoms with Crippen molar-refractivity contribution in [2.24, 2.45) is 5.92 Å². The van der Waals surface area contributed by atoms with E-state index < -0.39 is 0 Å². The molecule has 3 atom stereocenters. The fourth-order valence-electron chi connectivity index (χ4n) is 3.38. The monoisotopic (exact) mass is 367 g/mol. The Balaban J connectivity index is 1.52. The van der Waals surface area contributed by atoms with Gasteiger partial charge in [0.05, 0.1) is 5.92 Å². The zero-order valence-electron chi connectivity index (χ0n) is 16.1. The van der Waals surface area contributed by atoms with Crippen LogP contribution >= 0.6 is 0 Å². The van der Waals surface area contributed by atoms with E-state index in [4.69, 9.17) is 4.74 Å². The van der Waals surface area contributed by atoms with Crippen molar-refractivity contribution in [2.75, 3.05) is 5.32 Å². The van der Waals surface area contributed by atoms with Crippen molar-refractivity contribution in [3.8, 4) is 11.5 Å². The highest BCUT2D eigenvalue weighted by Crippen LogP contribution is 2.23. The van der Waals surface area contributed by atoms with Gasteiger partial charge in [-0.05, 0) is 49.7 Å². The minimum Gasteiger partial charge on any atom is -0.457 e. The van der Waals surface area contributed by atoms with Crippen LogP contribution in [0.3, 0.4) is 0 Å². The van der Waals surface area contributed by atoms with Crippen molar-refractivity contribution < 1.29 is 9.53 Å². The Bertz CT molecular complexity index is 718. The lowest BCUT2D eigenvalue weighted by molar-refractivity contribution is -0.129. The van der Waals surface area contributed by atoms with Crippen LogP contribution in [0.15, 0.2) is 54.6 Å². The smallest absolute Gasteiger partial charge is 0.227 e. The summed E-state index contributed by atoms with van der Waals surface area (Å²) < 4.78 is 5.81. The van der Waals surface area contributed by atoms with Gasteiger partial charge in [-0.2, -0.15) is 0 Å². The molecule has 0 aromatic heterocycles. The first kappa shape index (κ1) is 19.2. The topological polar surface area (TPSA) is 62.4 Å². The van der Waals surface area contributed by atoms with Crippen LogP contribution < -0.4 is 20.7 Å². The zero-order chi connectivity index (χ0) is 19.1. The van der Waals surface area contributed by atoms with Crippen molar-refractivity contribution in [3.63, 3.8) is 0 Å². The van der Waals surface area contributed by atoms with Crippen LogP contribution in [0.1, 0.15) is 39.5 Å². The normalized spacial score (nSPS) is 22.1. The van der Waals surface area contributed by atoms with Crippen LogP contribution in [0, 0.1) is 5.92 Å². The molecule has 5 heteroatoms. The fraction of sp³-hybridized carbons (Fsp3) is 0.409. The van der Waals surface area contributed by atoms with Crippen LogP contribution in [0.2, 0.25) is 0 Å². The van der Waals surface area contributed by atoms with Crippen LogP contribution in [0.4, 0.5) is 5.69 Å². The Labute approximate surface area is 161 Å². The van der Waals surface area contributed by atoms with Gasteiger partial charge in [-0.15, -0.1) is 0 Å². The zero-order valence-corrected chi connectivity index (χ0v) is 16.1. The molecule has 1 aliphatic rings. The molecule has 0 radical (unpaired) electrons. The molecule has 144 valence electrons. The summed E-state index contributed by atoms with van der Waals surface area (Å²) in [5.41, 5.74) is 0.921. The van der Waals surface area contributed by atoms with E-state index in [1.165, 1.54) is 12.8 Å². The maximum Gasteiger partial charge on any atom is 0.227 e. The molecule has 1 amide bonds. The number of rotatable bonds is 8. The minimum absolute atomic E-state index is 0.0382. The molecule has 1 aliphatic heterocycles. The summed E-state index contributed by atoms with van der Waals surface area (Å²) >= 11 is 0. The molecular formula is C22H29N3O2. The Morgan fingerprint density at radius 1 is 1.00 bits per heavy atom. The first-order chi connectivity index (χ1) is 13.2. The number of anilines is 1. The Morgan fingerprint density at radius 2 is 1.70 bits per heavy atom.